The molecule has 1 aromatic carbocycles. The quantitative estimate of drug-likeness (QED) is 0.655. The van der Waals surface area contributed by atoms with Gasteiger partial charge in [0.25, 0.3) is 0 Å². The van der Waals surface area contributed by atoms with E-state index in [9.17, 15) is 4.39 Å². The van der Waals surface area contributed by atoms with Crippen molar-refractivity contribution in [1.82, 2.24) is 5.32 Å². The highest BCUT2D eigenvalue weighted by Crippen LogP contribution is 2.35. The van der Waals surface area contributed by atoms with E-state index in [-0.39, 0.29) is 11.9 Å². The summed E-state index contributed by atoms with van der Waals surface area (Å²) in [4.78, 5) is 2.57. The van der Waals surface area contributed by atoms with Gasteiger partial charge in [-0.3, -0.25) is 0 Å². The molecular formula is C17H18FNS2. The van der Waals surface area contributed by atoms with E-state index in [1.165, 1.54) is 21.4 Å². The second-order valence-corrected chi connectivity index (χ2v) is 7.44. The number of thiophene rings is 2. The molecule has 0 amide bonds. The number of fused-ring (bicyclic) bond motifs is 1. The maximum atomic E-state index is 13.4. The van der Waals surface area contributed by atoms with Crippen molar-refractivity contribution < 1.29 is 4.39 Å². The van der Waals surface area contributed by atoms with Gasteiger partial charge in [0, 0.05) is 14.5 Å². The second kappa shape index (κ2) is 6.26. The average molecular weight is 319 g/mol. The molecule has 1 unspecified atom stereocenters. The van der Waals surface area contributed by atoms with Crippen molar-refractivity contribution in [3.8, 4) is 0 Å². The van der Waals surface area contributed by atoms with Crippen LogP contribution in [0.1, 0.15) is 34.7 Å². The number of nitrogens with one attached hydrogen (secondary N) is 1. The van der Waals surface area contributed by atoms with Crippen LogP contribution in [0.3, 0.4) is 0 Å². The highest BCUT2D eigenvalue weighted by atomic mass is 32.1. The van der Waals surface area contributed by atoms with Crippen molar-refractivity contribution in [3.63, 3.8) is 0 Å². The average Bonchev–Trinajstić information content (AvgIpc) is 3.05. The predicted octanol–water partition coefficient (Wildman–Crippen LogP) is 5.50. The van der Waals surface area contributed by atoms with E-state index in [0.29, 0.717) is 0 Å². The van der Waals surface area contributed by atoms with E-state index in [2.05, 4.69) is 36.7 Å². The predicted molar refractivity (Wildman–Crippen MR) is 91.0 cm³/mol. The van der Waals surface area contributed by atoms with Crippen molar-refractivity contribution in [3.05, 3.63) is 56.8 Å². The lowest BCUT2D eigenvalue weighted by Crippen LogP contribution is -2.21. The molecule has 2 aromatic heterocycles. The molecule has 3 aromatic rings. The summed E-state index contributed by atoms with van der Waals surface area (Å²) in [5.74, 6) is -0.166. The fourth-order valence-corrected chi connectivity index (χ4v) is 4.38. The van der Waals surface area contributed by atoms with Crippen LogP contribution in [-0.4, -0.2) is 6.54 Å². The van der Waals surface area contributed by atoms with Crippen LogP contribution in [0, 0.1) is 12.7 Å². The molecule has 110 valence electrons. The molecule has 3 rings (SSSR count). The molecule has 4 heteroatoms. The maximum absolute atomic E-state index is 13.4. The number of benzene rings is 1. The van der Waals surface area contributed by atoms with Crippen LogP contribution in [0.15, 0.2) is 35.7 Å². The Labute approximate surface area is 132 Å². The Kier molecular flexibility index (Phi) is 4.38. The first-order valence-corrected chi connectivity index (χ1v) is 8.84. The first kappa shape index (κ1) is 14.7. The Morgan fingerprint density at radius 3 is 2.81 bits per heavy atom. The van der Waals surface area contributed by atoms with Gasteiger partial charge in [0.2, 0.25) is 0 Å². The maximum Gasteiger partial charge on any atom is 0.124 e. The van der Waals surface area contributed by atoms with Crippen LogP contribution >= 0.6 is 22.7 Å². The first-order valence-electron chi connectivity index (χ1n) is 7.15. The minimum Gasteiger partial charge on any atom is -0.306 e. The molecule has 1 N–H and O–H groups in total. The minimum absolute atomic E-state index is 0.166. The van der Waals surface area contributed by atoms with Gasteiger partial charge in [-0.2, -0.15) is 0 Å². The molecule has 0 saturated heterocycles. The van der Waals surface area contributed by atoms with Gasteiger partial charge in [0.15, 0.2) is 0 Å². The first-order chi connectivity index (χ1) is 10.2. The van der Waals surface area contributed by atoms with Crippen molar-refractivity contribution >= 4 is 32.8 Å². The summed E-state index contributed by atoms with van der Waals surface area (Å²) >= 11 is 3.45. The van der Waals surface area contributed by atoms with Crippen LogP contribution in [-0.2, 0) is 0 Å². The molecule has 2 heterocycles. The third-order valence-corrected chi connectivity index (χ3v) is 5.51. The van der Waals surface area contributed by atoms with Crippen molar-refractivity contribution in [2.75, 3.05) is 6.54 Å². The summed E-state index contributed by atoms with van der Waals surface area (Å²) in [6.45, 7) is 5.27. The molecule has 0 bridgehead atoms. The van der Waals surface area contributed by atoms with Gasteiger partial charge in [-0.25, -0.2) is 4.39 Å². The van der Waals surface area contributed by atoms with Gasteiger partial charge in [-0.15, -0.1) is 22.7 Å². The van der Waals surface area contributed by atoms with Crippen LogP contribution in [0.2, 0.25) is 0 Å². The molecule has 0 aliphatic carbocycles. The Morgan fingerprint density at radius 2 is 2.10 bits per heavy atom. The van der Waals surface area contributed by atoms with E-state index < -0.39 is 0 Å². The molecule has 1 atom stereocenters. The van der Waals surface area contributed by atoms with E-state index >= 15 is 0 Å². The molecule has 0 aliphatic rings. The van der Waals surface area contributed by atoms with Crippen LogP contribution < -0.4 is 5.32 Å². The van der Waals surface area contributed by atoms with Gasteiger partial charge in [0.05, 0.1) is 6.04 Å². The molecule has 0 spiro atoms. The van der Waals surface area contributed by atoms with Crippen molar-refractivity contribution in [1.29, 1.82) is 0 Å². The normalized spacial score (nSPS) is 12.9. The van der Waals surface area contributed by atoms with Crippen LogP contribution in [0.5, 0.6) is 0 Å². The highest BCUT2D eigenvalue weighted by molar-refractivity contribution is 7.19. The van der Waals surface area contributed by atoms with E-state index in [1.54, 1.807) is 28.7 Å². The fraction of sp³-hybridized carbons (Fsp3) is 0.294. The highest BCUT2D eigenvalue weighted by Gasteiger charge is 2.17. The largest absolute Gasteiger partial charge is 0.306 e. The molecule has 0 radical (unpaired) electrons. The molecule has 0 aliphatic heterocycles. The smallest absolute Gasteiger partial charge is 0.124 e. The van der Waals surface area contributed by atoms with Gasteiger partial charge in [-0.05, 0) is 60.5 Å². The zero-order valence-corrected chi connectivity index (χ0v) is 13.8. The fourth-order valence-electron chi connectivity index (χ4n) is 2.45. The third kappa shape index (κ3) is 3.18. The minimum atomic E-state index is -0.166. The standard InChI is InChI=1S/C17H18FNS2/c1-3-6-19-17(13-7-11(2)20-10-13)16-8-12-4-5-14(18)9-15(12)21-16/h4-5,7-10,17,19H,3,6H2,1-2H3. The zero-order valence-electron chi connectivity index (χ0n) is 12.2. The summed E-state index contributed by atoms with van der Waals surface area (Å²) in [5.41, 5.74) is 1.30. The SMILES string of the molecule is CCCNC(c1csc(C)c1)c1cc2ccc(F)cc2s1. The monoisotopic (exact) mass is 319 g/mol. The summed E-state index contributed by atoms with van der Waals surface area (Å²) in [7, 11) is 0. The summed E-state index contributed by atoms with van der Waals surface area (Å²) in [6, 6.07) is 9.64. The Bertz CT molecular complexity index is 744. The van der Waals surface area contributed by atoms with Crippen molar-refractivity contribution in [2.24, 2.45) is 0 Å². The zero-order chi connectivity index (χ0) is 14.8. The second-order valence-electron chi connectivity index (χ2n) is 5.21. The van der Waals surface area contributed by atoms with Gasteiger partial charge in [-0.1, -0.05) is 13.0 Å². The Balaban J connectivity index is 2.00. The Hall–Kier alpha value is -1.23. The number of hydrogen-bond donors (Lipinski definition) is 1. The van der Waals surface area contributed by atoms with Gasteiger partial charge < -0.3 is 5.32 Å². The molecule has 0 fully saturated rings. The lowest BCUT2D eigenvalue weighted by molar-refractivity contribution is 0.607. The van der Waals surface area contributed by atoms with Gasteiger partial charge >= 0.3 is 0 Å². The molecule has 0 saturated carbocycles. The molecule has 1 nitrogen and oxygen atoms in total. The number of aryl methyl sites for hydroxylation is 1. The van der Waals surface area contributed by atoms with Crippen LogP contribution in [0.4, 0.5) is 4.39 Å². The van der Waals surface area contributed by atoms with Gasteiger partial charge in [0.1, 0.15) is 5.82 Å². The lowest BCUT2D eigenvalue weighted by atomic mass is 10.1. The topological polar surface area (TPSA) is 12.0 Å². The third-order valence-electron chi connectivity index (χ3n) is 3.47. The number of halogens is 1. The van der Waals surface area contributed by atoms with Crippen molar-refractivity contribution in [2.45, 2.75) is 26.3 Å². The summed E-state index contributed by atoms with van der Waals surface area (Å²) in [5, 5.41) is 6.95. The summed E-state index contributed by atoms with van der Waals surface area (Å²) in [6.07, 6.45) is 1.10. The summed E-state index contributed by atoms with van der Waals surface area (Å²) < 4.78 is 14.4. The number of rotatable bonds is 5. The molecular weight excluding hydrogens is 301 g/mol. The molecule has 21 heavy (non-hydrogen) atoms. The van der Waals surface area contributed by atoms with E-state index in [4.69, 9.17) is 0 Å². The van der Waals surface area contributed by atoms with Crippen LogP contribution in [0.25, 0.3) is 10.1 Å². The van der Waals surface area contributed by atoms with E-state index in [0.717, 1.165) is 23.1 Å². The lowest BCUT2D eigenvalue weighted by Gasteiger charge is -2.15. The Morgan fingerprint density at radius 1 is 1.24 bits per heavy atom. The van der Waals surface area contributed by atoms with E-state index in [1.807, 2.05) is 6.07 Å². The number of hydrogen-bond acceptors (Lipinski definition) is 3.